The molecule has 0 atom stereocenters. The number of hydrogen-bond acceptors (Lipinski definition) is 2. The van der Waals surface area contributed by atoms with E-state index in [1.807, 2.05) is 6.07 Å². The summed E-state index contributed by atoms with van der Waals surface area (Å²) in [4.78, 5) is 2.39. The molecular formula is C52H34N2O. The summed E-state index contributed by atoms with van der Waals surface area (Å²) >= 11 is 0. The Hall–Kier alpha value is -7.36. The van der Waals surface area contributed by atoms with Crippen LogP contribution in [0.1, 0.15) is 0 Å². The van der Waals surface area contributed by atoms with Crippen LogP contribution in [0.5, 0.6) is 0 Å². The van der Waals surface area contributed by atoms with Crippen molar-refractivity contribution < 1.29 is 4.42 Å². The maximum Gasteiger partial charge on any atom is 0.137 e. The Kier molecular flexibility index (Phi) is 7.17. The monoisotopic (exact) mass is 702 g/mol. The first-order valence-corrected chi connectivity index (χ1v) is 18.8. The molecule has 0 spiro atoms. The molecule has 0 radical (unpaired) electrons. The van der Waals surface area contributed by atoms with Crippen molar-refractivity contribution in [1.29, 1.82) is 0 Å². The van der Waals surface area contributed by atoms with Gasteiger partial charge in [0.05, 0.1) is 22.1 Å². The molecule has 258 valence electrons. The Balaban J connectivity index is 1.20. The van der Waals surface area contributed by atoms with Gasteiger partial charge in [-0.15, -0.1) is 0 Å². The minimum absolute atomic E-state index is 0.865. The van der Waals surface area contributed by atoms with Crippen LogP contribution in [0, 0.1) is 0 Å². The van der Waals surface area contributed by atoms with Gasteiger partial charge in [-0.3, -0.25) is 0 Å². The highest BCUT2D eigenvalue weighted by Gasteiger charge is 2.23. The summed E-state index contributed by atoms with van der Waals surface area (Å²) in [5.41, 5.74) is 13.2. The predicted molar refractivity (Wildman–Crippen MR) is 231 cm³/mol. The lowest BCUT2D eigenvalue weighted by Gasteiger charge is -2.27. The largest absolute Gasteiger partial charge is 0.456 e. The fourth-order valence-corrected chi connectivity index (χ4v) is 8.54. The molecule has 0 aliphatic rings. The van der Waals surface area contributed by atoms with Gasteiger partial charge in [0.25, 0.3) is 0 Å². The van der Waals surface area contributed by atoms with Crippen LogP contribution in [0.25, 0.3) is 82.5 Å². The lowest BCUT2D eigenvalue weighted by Crippen LogP contribution is -2.10. The third kappa shape index (κ3) is 5.05. The van der Waals surface area contributed by atoms with Crippen LogP contribution in [-0.4, -0.2) is 4.57 Å². The van der Waals surface area contributed by atoms with Gasteiger partial charge in [0.15, 0.2) is 0 Å². The third-order valence-electron chi connectivity index (χ3n) is 11.0. The smallest absolute Gasteiger partial charge is 0.137 e. The molecule has 3 nitrogen and oxygen atoms in total. The van der Waals surface area contributed by atoms with Gasteiger partial charge in [0.1, 0.15) is 11.2 Å². The molecule has 0 amide bonds. The van der Waals surface area contributed by atoms with E-state index in [1.165, 1.54) is 49.3 Å². The van der Waals surface area contributed by atoms with Gasteiger partial charge in [-0.1, -0.05) is 146 Å². The molecule has 0 aliphatic heterocycles. The molecule has 0 saturated carbocycles. The second kappa shape index (κ2) is 12.6. The molecule has 3 heteroatoms. The maximum absolute atomic E-state index is 6.43. The van der Waals surface area contributed by atoms with E-state index < -0.39 is 0 Å². The maximum atomic E-state index is 6.43. The van der Waals surface area contributed by atoms with E-state index >= 15 is 0 Å². The molecule has 0 saturated heterocycles. The highest BCUT2D eigenvalue weighted by molar-refractivity contribution is 6.19. The fraction of sp³-hybridized carbons (Fsp3) is 0. The third-order valence-corrected chi connectivity index (χ3v) is 11.0. The topological polar surface area (TPSA) is 21.3 Å². The average Bonchev–Trinajstić information content (AvgIpc) is 3.81. The summed E-state index contributed by atoms with van der Waals surface area (Å²) in [5.74, 6) is 0. The van der Waals surface area contributed by atoms with Gasteiger partial charge in [-0.25, -0.2) is 0 Å². The summed E-state index contributed by atoms with van der Waals surface area (Å²) in [5, 5.41) is 7.12. The minimum Gasteiger partial charge on any atom is -0.456 e. The Morgan fingerprint density at radius 2 is 1.02 bits per heavy atom. The molecule has 0 bridgehead atoms. The zero-order valence-electron chi connectivity index (χ0n) is 29.9. The van der Waals surface area contributed by atoms with Gasteiger partial charge in [-0.2, -0.15) is 0 Å². The van der Waals surface area contributed by atoms with E-state index in [2.05, 4.69) is 210 Å². The molecule has 55 heavy (non-hydrogen) atoms. The van der Waals surface area contributed by atoms with E-state index in [1.54, 1.807) is 0 Å². The summed E-state index contributed by atoms with van der Waals surface area (Å²) in [6.07, 6.45) is 0. The average molecular weight is 703 g/mol. The predicted octanol–water partition coefficient (Wildman–Crippen LogP) is 14.6. The van der Waals surface area contributed by atoms with Crippen LogP contribution in [0.3, 0.4) is 0 Å². The molecule has 0 fully saturated rings. The quantitative estimate of drug-likeness (QED) is 0.172. The van der Waals surface area contributed by atoms with E-state index in [0.717, 1.165) is 50.2 Å². The first-order chi connectivity index (χ1) is 27.3. The van der Waals surface area contributed by atoms with Crippen LogP contribution in [-0.2, 0) is 0 Å². The first kappa shape index (κ1) is 31.2. The highest BCUT2D eigenvalue weighted by atomic mass is 16.3. The zero-order valence-corrected chi connectivity index (χ0v) is 29.9. The Bertz CT molecular complexity index is 3190. The molecule has 11 aromatic rings. The lowest BCUT2D eigenvalue weighted by molar-refractivity contribution is 0.669. The van der Waals surface area contributed by atoms with Crippen molar-refractivity contribution in [2.45, 2.75) is 0 Å². The molecule has 0 unspecified atom stereocenters. The number of anilines is 3. The second-order valence-corrected chi connectivity index (χ2v) is 14.1. The second-order valence-electron chi connectivity index (χ2n) is 14.1. The van der Waals surface area contributed by atoms with Crippen LogP contribution in [0.15, 0.2) is 211 Å². The number of fused-ring (bicyclic) bond motifs is 7. The van der Waals surface area contributed by atoms with Crippen LogP contribution in [0.2, 0.25) is 0 Å². The van der Waals surface area contributed by atoms with E-state index in [-0.39, 0.29) is 0 Å². The zero-order chi connectivity index (χ0) is 36.3. The molecule has 2 aromatic heterocycles. The van der Waals surface area contributed by atoms with E-state index in [9.17, 15) is 0 Å². The number of para-hydroxylation sites is 2. The van der Waals surface area contributed by atoms with Crippen molar-refractivity contribution in [3.63, 3.8) is 0 Å². The van der Waals surface area contributed by atoms with E-state index in [0.29, 0.717) is 0 Å². The number of hydrogen-bond donors (Lipinski definition) is 0. The van der Waals surface area contributed by atoms with Crippen molar-refractivity contribution in [1.82, 2.24) is 4.57 Å². The normalized spacial score (nSPS) is 11.6. The van der Waals surface area contributed by atoms with Gasteiger partial charge in [0, 0.05) is 33.2 Å². The molecule has 2 heterocycles. The summed E-state index contributed by atoms with van der Waals surface area (Å²) in [6.45, 7) is 0. The Labute approximate surface area is 318 Å². The van der Waals surface area contributed by atoms with Crippen molar-refractivity contribution in [3.05, 3.63) is 206 Å². The van der Waals surface area contributed by atoms with Crippen molar-refractivity contribution in [2.24, 2.45) is 0 Å². The minimum atomic E-state index is 0.865. The molecule has 0 aliphatic carbocycles. The summed E-state index contributed by atoms with van der Waals surface area (Å²) < 4.78 is 8.86. The van der Waals surface area contributed by atoms with Crippen molar-refractivity contribution in [2.75, 3.05) is 4.90 Å². The summed E-state index contributed by atoms with van der Waals surface area (Å²) in [7, 11) is 0. The summed E-state index contributed by atoms with van der Waals surface area (Å²) in [6, 6.07) is 73.9. The van der Waals surface area contributed by atoms with Crippen LogP contribution < -0.4 is 4.90 Å². The number of nitrogens with zero attached hydrogens (tertiary/aromatic N) is 2. The lowest BCUT2D eigenvalue weighted by atomic mass is 9.94. The molecule has 0 N–H and O–H groups in total. The molecule has 9 aromatic carbocycles. The van der Waals surface area contributed by atoms with Crippen LogP contribution in [0.4, 0.5) is 17.1 Å². The van der Waals surface area contributed by atoms with Crippen LogP contribution >= 0.6 is 0 Å². The van der Waals surface area contributed by atoms with Gasteiger partial charge < -0.3 is 13.9 Å². The van der Waals surface area contributed by atoms with E-state index in [4.69, 9.17) is 4.42 Å². The molecule has 11 rings (SSSR count). The van der Waals surface area contributed by atoms with Gasteiger partial charge in [0.2, 0.25) is 0 Å². The van der Waals surface area contributed by atoms with Crippen molar-refractivity contribution >= 4 is 71.6 Å². The fourth-order valence-electron chi connectivity index (χ4n) is 8.54. The number of aromatic nitrogens is 1. The number of benzene rings is 9. The Morgan fingerprint density at radius 1 is 0.382 bits per heavy atom. The van der Waals surface area contributed by atoms with Gasteiger partial charge in [-0.05, 0) is 93.7 Å². The van der Waals surface area contributed by atoms with Crippen molar-refractivity contribution in [3.8, 4) is 27.9 Å². The standard InChI is InChI=1S/C52H34N2O/c1-3-14-35(15-4-1)36-28-30-39(31-29-36)53(47-25-13-27-50-52(47)45-21-9-10-26-49(45)55-50)40-32-33-44-48(34-40)54(38-18-5-2-6-19-38)46-24-12-23-43(51(44)46)42-22-11-17-37-16-7-8-20-41(37)42/h1-34H. The SMILES string of the molecule is c1ccc(-c2ccc(N(c3ccc4c5c(-c6cccc7ccccc67)cccc5n(-c5ccccc5)c4c3)c3cccc4oc5ccccc5c34)cc2)cc1. The molecular weight excluding hydrogens is 669 g/mol. The highest BCUT2D eigenvalue weighted by Crippen LogP contribution is 2.46. The van der Waals surface area contributed by atoms with Gasteiger partial charge >= 0.3 is 0 Å². The number of rotatable bonds is 6. The Morgan fingerprint density at radius 3 is 1.87 bits per heavy atom. The number of furan rings is 1. The first-order valence-electron chi connectivity index (χ1n) is 18.8.